The van der Waals surface area contributed by atoms with Crippen molar-refractivity contribution in [3.05, 3.63) is 0 Å². The SMILES string of the molecule is C[C@H](C[C@@H](C)[C@H]1CCC2C3C(C[C@H](O)[C@@]21C)[C@@]1(C)CC[C@@H](O)C[C@@]1(C)C[C@H]3O)C(=O)O. The molecule has 12 atom stereocenters. The molecule has 0 spiro atoms. The first-order valence-corrected chi connectivity index (χ1v) is 12.6. The Morgan fingerprint density at radius 2 is 1.68 bits per heavy atom. The molecule has 4 N–H and O–H groups in total. The van der Waals surface area contributed by atoms with Crippen LogP contribution < -0.4 is 0 Å². The summed E-state index contributed by atoms with van der Waals surface area (Å²) in [5, 5.41) is 42.9. The molecule has 4 aliphatic carbocycles. The second-order valence-corrected chi connectivity index (χ2v) is 12.7. The number of hydrogen-bond acceptors (Lipinski definition) is 4. The molecule has 0 radical (unpaired) electrons. The van der Waals surface area contributed by atoms with Crippen molar-refractivity contribution in [2.45, 2.75) is 104 Å². The van der Waals surface area contributed by atoms with Crippen molar-refractivity contribution >= 4 is 5.97 Å². The summed E-state index contributed by atoms with van der Waals surface area (Å²) in [6.45, 7) is 10.8. The molecule has 4 rings (SSSR count). The smallest absolute Gasteiger partial charge is 0.306 e. The van der Waals surface area contributed by atoms with Gasteiger partial charge in [-0.15, -0.1) is 0 Å². The second-order valence-electron chi connectivity index (χ2n) is 12.7. The number of carbonyl (C=O) groups is 1. The molecule has 4 saturated carbocycles. The van der Waals surface area contributed by atoms with E-state index in [-0.39, 0.29) is 57.9 Å². The minimum atomic E-state index is -0.745. The van der Waals surface area contributed by atoms with Crippen molar-refractivity contribution in [1.29, 1.82) is 0 Å². The Kier molecular flexibility index (Phi) is 5.84. The third-order valence-corrected chi connectivity index (χ3v) is 11.3. The Hall–Kier alpha value is -0.650. The molecule has 5 nitrogen and oxygen atoms in total. The highest BCUT2D eigenvalue weighted by Crippen LogP contribution is 2.71. The van der Waals surface area contributed by atoms with E-state index in [0.29, 0.717) is 12.8 Å². The fraction of sp³-hybridized carbons (Fsp3) is 0.962. The van der Waals surface area contributed by atoms with Crippen LogP contribution in [0.25, 0.3) is 0 Å². The van der Waals surface area contributed by atoms with Gasteiger partial charge in [-0.2, -0.15) is 0 Å². The van der Waals surface area contributed by atoms with Gasteiger partial charge in [-0.05, 0) is 97.2 Å². The van der Waals surface area contributed by atoms with E-state index < -0.39 is 18.2 Å². The summed E-state index contributed by atoms with van der Waals surface area (Å²) in [6, 6.07) is 0. The van der Waals surface area contributed by atoms with Gasteiger partial charge in [0.05, 0.1) is 24.2 Å². The van der Waals surface area contributed by atoms with E-state index >= 15 is 0 Å². The monoisotopic (exact) mass is 436 g/mol. The lowest BCUT2D eigenvalue weighted by molar-refractivity contribution is -0.233. The summed E-state index contributed by atoms with van der Waals surface area (Å²) in [6.07, 6.45) is 5.54. The molecule has 4 fully saturated rings. The molecular weight excluding hydrogens is 392 g/mol. The van der Waals surface area contributed by atoms with Crippen molar-refractivity contribution in [3.8, 4) is 0 Å². The summed E-state index contributed by atoms with van der Waals surface area (Å²) >= 11 is 0. The molecule has 0 aliphatic heterocycles. The maximum atomic E-state index is 11.6. The molecule has 0 bridgehead atoms. The number of aliphatic hydroxyl groups is 3. The fourth-order valence-corrected chi connectivity index (χ4v) is 9.40. The van der Waals surface area contributed by atoms with Gasteiger partial charge < -0.3 is 20.4 Å². The van der Waals surface area contributed by atoms with Crippen molar-refractivity contribution < 1.29 is 25.2 Å². The van der Waals surface area contributed by atoms with Crippen molar-refractivity contribution in [2.75, 3.05) is 0 Å². The number of aliphatic carboxylic acids is 1. The maximum Gasteiger partial charge on any atom is 0.306 e. The first kappa shape index (κ1) is 23.5. The Bertz CT molecular complexity index is 710. The zero-order valence-corrected chi connectivity index (χ0v) is 20.1. The van der Waals surface area contributed by atoms with Crippen molar-refractivity contribution in [1.82, 2.24) is 0 Å². The van der Waals surface area contributed by atoms with Crippen LogP contribution in [0.15, 0.2) is 0 Å². The van der Waals surface area contributed by atoms with Gasteiger partial charge in [-0.3, -0.25) is 4.79 Å². The molecule has 0 aromatic carbocycles. The number of carboxylic acids is 1. The molecule has 0 aromatic heterocycles. The lowest BCUT2D eigenvalue weighted by Crippen LogP contribution is -2.65. The molecule has 0 heterocycles. The Balaban J connectivity index is 1.64. The molecule has 3 unspecified atom stereocenters. The fourth-order valence-electron chi connectivity index (χ4n) is 9.40. The molecule has 0 aromatic rings. The van der Waals surface area contributed by atoms with Crippen LogP contribution in [0.2, 0.25) is 0 Å². The van der Waals surface area contributed by atoms with Crippen LogP contribution >= 0.6 is 0 Å². The zero-order valence-electron chi connectivity index (χ0n) is 20.1. The number of hydrogen-bond donors (Lipinski definition) is 4. The van der Waals surface area contributed by atoms with Crippen LogP contribution in [0.5, 0.6) is 0 Å². The average molecular weight is 437 g/mol. The minimum Gasteiger partial charge on any atom is -0.481 e. The quantitative estimate of drug-likeness (QED) is 0.532. The number of rotatable bonds is 4. The van der Waals surface area contributed by atoms with E-state index in [1.54, 1.807) is 6.92 Å². The summed E-state index contributed by atoms with van der Waals surface area (Å²) in [5.41, 5.74) is -0.334. The molecule has 0 saturated heterocycles. The molecule has 4 aliphatic rings. The van der Waals surface area contributed by atoms with Crippen LogP contribution in [-0.2, 0) is 4.79 Å². The lowest BCUT2D eigenvalue weighted by atomic mass is 9.39. The molecule has 178 valence electrons. The van der Waals surface area contributed by atoms with Crippen LogP contribution in [0.4, 0.5) is 0 Å². The van der Waals surface area contributed by atoms with Gasteiger partial charge in [0.2, 0.25) is 0 Å². The summed E-state index contributed by atoms with van der Waals surface area (Å²) < 4.78 is 0. The standard InChI is InChI=1S/C26H44O5/c1-14(10-15(2)23(30)31)17-6-7-18-22-19(11-21(29)26(17,18)5)25(4)9-8-16(27)12-24(25,3)13-20(22)28/h14-22,27-29H,6-13H2,1-5H3,(H,30,31)/t14-,15-,16-,17-,18?,19?,20-,21+,22?,24+,25-,26-/m1/s1. The van der Waals surface area contributed by atoms with Crippen molar-refractivity contribution in [3.63, 3.8) is 0 Å². The average Bonchev–Trinajstić information content (AvgIpc) is 3.02. The largest absolute Gasteiger partial charge is 0.481 e. The Morgan fingerprint density at radius 3 is 2.32 bits per heavy atom. The minimum absolute atomic E-state index is 0.0277. The molecule has 0 amide bonds. The zero-order chi connectivity index (χ0) is 22.9. The van der Waals surface area contributed by atoms with Gasteiger partial charge in [-0.25, -0.2) is 0 Å². The summed E-state index contributed by atoms with van der Waals surface area (Å²) in [7, 11) is 0. The van der Waals surface area contributed by atoms with Crippen LogP contribution in [0.3, 0.4) is 0 Å². The number of aliphatic hydroxyl groups excluding tert-OH is 3. The van der Waals surface area contributed by atoms with E-state index in [9.17, 15) is 25.2 Å². The number of carboxylic acid groups (broad SMARTS) is 1. The van der Waals surface area contributed by atoms with E-state index in [4.69, 9.17) is 0 Å². The first-order chi connectivity index (χ1) is 14.3. The number of fused-ring (bicyclic) bond motifs is 5. The van der Waals surface area contributed by atoms with E-state index in [0.717, 1.165) is 38.5 Å². The van der Waals surface area contributed by atoms with Gasteiger partial charge in [0.25, 0.3) is 0 Å². The van der Waals surface area contributed by atoms with Crippen molar-refractivity contribution in [2.24, 2.45) is 51.8 Å². The van der Waals surface area contributed by atoms with Gasteiger partial charge in [0.1, 0.15) is 0 Å². The van der Waals surface area contributed by atoms with E-state index in [1.165, 1.54) is 0 Å². The highest BCUT2D eigenvalue weighted by atomic mass is 16.4. The third kappa shape index (κ3) is 3.32. The van der Waals surface area contributed by atoms with Gasteiger partial charge in [-0.1, -0.05) is 34.6 Å². The van der Waals surface area contributed by atoms with Gasteiger partial charge in [0.15, 0.2) is 0 Å². The van der Waals surface area contributed by atoms with Crippen LogP contribution in [-0.4, -0.2) is 44.7 Å². The first-order valence-electron chi connectivity index (χ1n) is 12.6. The predicted octanol–water partition coefficient (Wildman–Crippen LogP) is 4.08. The topological polar surface area (TPSA) is 98.0 Å². The Morgan fingerprint density at radius 1 is 1.00 bits per heavy atom. The van der Waals surface area contributed by atoms with E-state index in [2.05, 4.69) is 27.7 Å². The second kappa shape index (κ2) is 7.70. The molecule has 31 heavy (non-hydrogen) atoms. The van der Waals surface area contributed by atoms with Gasteiger partial charge in [0, 0.05) is 0 Å². The van der Waals surface area contributed by atoms with Gasteiger partial charge >= 0.3 is 5.97 Å². The highest BCUT2D eigenvalue weighted by molar-refractivity contribution is 5.69. The van der Waals surface area contributed by atoms with Crippen LogP contribution in [0, 0.1) is 51.8 Å². The summed E-state index contributed by atoms with van der Waals surface area (Å²) in [5.74, 6) is 0.141. The Labute approximate surface area is 187 Å². The highest BCUT2D eigenvalue weighted by Gasteiger charge is 2.68. The normalized spacial score (nSPS) is 53.7. The molecule has 5 heteroatoms. The van der Waals surface area contributed by atoms with E-state index in [1.807, 2.05) is 0 Å². The lowest BCUT2D eigenvalue weighted by Gasteiger charge is -2.67. The summed E-state index contributed by atoms with van der Waals surface area (Å²) in [4.78, 5) is 11.4. The molecular formula is C26H44O5. The van der Waals surface area contributed by atoms with Crippen LogP contribution in [0.1, 0.15) is 86.0 Å². The predicted molar refractivity (Wildman–Crippen MR) is 119 cm³/mol. The third-order valence-electron chi connectivity index (χ3n) is 11.3. The maximum absolute atomic E-state index is 11.6.